The van der Waals surface area contributed by atoms with Gasteiger partial charge in [0, 0.05) is 43.1 Å². The first-order chi connectivity index (χ1) is 21.8. The molecule has 0 unspecified atom stereocenters. The van der Waals surface area contributed by atoms with Crippen LogP contribution in [0.1, 0.15) is 43.5 Å². The molecule has 0 saturated heterocycles. The number of rotatable bonds is 8. The predicted molar refractivity (Wildman–Crippen MR) is 165 cm³/mol. The number of hydrogen-bond acceptors (Lipinski definition) is 7. The van der Waals surface area contributed by atoms with Crippen LogP contribution in [0.3, 0.4) is 0 Å². The quantitative estimate of drug-likeness (QED) is 0.219. The molecular formula is C33H30F2N4O6. The molecule has 0 atom stereocenters. The average molecular weight is 617 g/mol. The fourth-order valence-electron chi connectivity index (χ4n) is 5.50. The number of anilines is 1. The second kappa shape index (κ2) is 12.2. The number of carbonyl (C=O) groups is 1. The van der Waals surface area contributed by atoms with Crippen molar-refractivity contribution in [2.24, 2.45) is 0 Å². The molecule has 12 heteroatoms. The molecule has 2 heterocycles. The number of nitrogens with zero attached hydrogens (tertiary/aromatic N) is 3. The van der Waals surface area contributed by atoms with Gasteiger partial charge in [-0.2, -0.15) is 0 Å². The van der Waals surface area contributed by atoms with Crippen molar-refractivity contribution in [3.8, 4) is 28.7 Å². The molecule has 0 bridgehead atoms. The Morgan fingerprint density at radius 2 is 1.62 bits per heavy atom. The number of methoxy groups -OCH3 is 2. The van der Waals surface area contributed by atoms with E-state index in [4.69, 9.17) is 14.2 Å². The first-order valence-electron chi connectivity index (χ1n) is 14.2. The van der Waals surface area contributed by atoms with Crippen LogP contribution in [0.25, 0.3) is 16.6 Å². The molecule has 1 aliphatic carbocycles. The van der Waals surface area contributed by atoms with Crippen LogP contribution >= 0.6 is 0 Å². The molecule has 0 radical (unpaired) electrons. The first kappa shape index (κ1) is 29.5. The lowest BCUT2D eigenvalue weighted by atomic mass is 10.1. The summed E-state index contributed by atoms with van der Waals surface area (Å²) < 4.78 is 47.7. The summed E-state index contributed by atoms with van der Waals surface area (Å²) in [6.07, 6.45) is 5.99. The summed E-state index contributed by atoms with van der Waals surface area (Å²) in [4.78, 5) is 44.6. The molecule has 1 saturated carbocycles. The average Bonchev–Trinajstić information content (AvgIpc) is 3.57. The highest BCUT2D eigenvalue weighted by atomic mass is 19.1. The molecule has 3 aromatic carbocycles. The number of hydrogen-bond donors (Lipinski definition) is 1. The van der Waals surface area contributed by atoms with Crippen molar-refractivity contribution in [2.45, 2.75) is 31.7 Å². The number of aromatic nitrogens is 3. The molecule has 45 heavy (non-hydrogen) atoms. The van der Waals surface area contributed by atoms with Gasteiger partial charge in [-0.15, -0.1) is 0 Å². The van der Waals surface area contributed by atoms with Gasteiger partial charge in [0.15, 0.2) is 23.1 Å². The number of pyridine rings is 1. The lowest BCUT2D eigenvalue weighted by Gasteiger charge is -2.18. The molecule has 5 aromatic rings. The summed E-state index contributed by atoms with van der Waals surface area (Å²) in [5, 5.41) is 3.11. The minimum absolute atomic E-state index is 0. The van der Waals surface area contributed by atoms with Crippen molar-refractivity contribution >= 4 is 22.5 Å². The molecule has 1 N–H and O–H groups in total. The number of fused-ring (bicyclic) bond motifs is 1. The zero-order chi connectivity index (χ0) is 31.7. The second-order valence-electron chi connectivity index (χ2n) is 10.5. The van der Waals surface area contributed by atoms with Gasteiger partial charge in [0.2, 0.25) is 0 Å². The summed E-state index contributed by atoms with van der Waals surface area (Å²) in [5.41, 5.74) is -1.10. The zero-order valence-corrected chi connectivity index (χ0v) is 24.4. The molecule has 2 aromatic heterocycles. The number of benzene rings is 3. The Morgan fingerprint density at radius 1 is 0.911 bits per heavy atom. The lowest BCUT2D eigenvalue weighted by Crippen LogP contribution is -2.43. The molecule has 1 aliphatic rings. The van der Waals surface area contributed by atoms with Crippen LogP contribution in [-0.2, 0) is 0 Å². The van der Waals surface area contributed by atoms with E-state index in [1.807, 2.05) is 0 Å². The molecule has 0 aliphatic heterocycles. The van der Waals surface area contributed by atoms with Crippen LogP contribution in [0, 0.1) is 11.6 Å². The van der Waals surface area contributed by atoms with Crippen molar-refractivity contribution < 1.29 is 29.2 Å². The Hall–Kier alpha value is -5.52. The van der Waals surface area contributed by atoms with Crippen molar-refractivity contribution in [1.29, 1.82) is 0 Å². The first-order valence-corrected chi connectivity index (χ1v) is 14.2. The van der Waals surface area contributed by atoms with Gasteiger partial charge < -0.3 is 19.5 Å². The van der Waals surface area contributed by atoms with E-state index in [1.54, 1.807) is 18.2 Å². The third kappa shape index (κ3) is 5.74. The second-order valence-corrected chi connectivity index (χ2v) is 10.5. The van der Waals surface area contributed by atoms with E-state index in [1.165, 1.54) is 55.4 Å². The summed E-state index contributed by atoms with van der Waals surface area (Å²) in [7, 11) is 3.00. The van der Waals surface area contributed by atoms with Crippen molar-refractivity contribution in [1.82, 2.24) is 14.1 Å². The fraction of sp³-hybridized carbons (Fsp3) is 0.212. The number of carbonyl (C=O) groups excluding carboxylic acids is 1. The highest BCUT2D eigenvalue weighted by Gasteiger charge is 2.25. The Bertz CT molecular complexity index is 2040. The largest absolute Gasteiger partial charge is 0.493 e. The summed E-state index contributed by atoms with van der Waals surface area (Å²) in [5.74, 6) is -1.04. The maximum atomic E-state index is 15.3. The van der Waals surface area contributed by atoms with Crippen LogP contribution in [0.2, 0.25) is 0 Å². The normalized spacial score (nSPS) is 13.2. The maximum absolute atomic E-state index is 15.3. The van der Waals surface area contributed by atoms with E-state index in [0.29, 0.717) is 41.0 Å². The van der Waals surface area contributed by atoms with Crippen molar-refractivity contribution in [2.75, 3.05) is 19.5 Å². The number of nitrogens with one attached hydrogen (secondary N) is 1. The zero-order valence-electron chi connectivity index (χ0n) is 24.4. The van der Waals surface area contributed by atoms with Crippen LogP contribution < -0.4 is 30.8 Å². The van der Waals surface area contributed by atoms with E-state index >= 15 is 4.39 Å². The third-order valence-corrected chi connectivity index (χ3v) is 7.78. The van der Waals surface area contributed by atoms with Crippen LogP contribution in [-0.4, -0.2) is 34.2 Å². The smallest absolute Gasteiger partial charge is 0.335 e. The third-order valence-electron chi connectivity index (χ3n) is 7.78. The molecule has 0 spiro atoms. The van der Waals surface area contributed by atoms with Gasteiger partial charge in [-0.1, -0.05) is 12.8 Å². The number of ether oxygens (including phenoxy) is 3. The highest BCUT2D eigenvalue weighted by Crippen LogP contribution is 2.37. The van der Waals surface area contributed by atoms with Crippen LogP contribution in [0.4, 0.5) is 14.5 Å². The van der Waals surface area contributed by atoms with E-state index in [-0.39, 0.29) is 30.2 Å². The van der Waals surface area contributed by atoms with Gasteiger partial charge in [-0.25, -0.2) is 18.1 Å². The molecule has 1 amide bonds. The SMILES string of the molecule is COc1cc2nccc(Oc3ccc(NC(=O)c4cn(C5CCCC5)c(=O)n(-c5ccc(F)cc5)c4=O)cc3F)c2cc1OC.[HH]. The topological polar surface area (TPSA) is 114 Å². The molecule has 10 nitrogen and oxygen atoms in total. The van der Waals surface area contributed by atoms with Gasteiger partial charge >= 0.3 is 5.69 Å². The van der Waals surface area contributed by atoms with E-state index in [9.17, 15) is 18.8 Å². The minimum atomic E-state index is -0.879. The number of halogens is 2. The predicted octanol–water partition coefficient (Wildman–Crippen LogP) is 6.25. The van der Waals surface area contributed by atoms with Crippen LogP contribution in [0.5, 0.6) is 23.0 Å². The molecule has 6 rings (SSSR count). The Balaban J connectivity index is 0.00000417. The van der Waals surface area contributed by atoms with Gasteiger partial charge in [0.05, 0.1) is 25.4 Å². The van der Waals surface area contributed by atoms with Gasteiger partial charge in [-0.05, 0) is 61.4 Å². The Kier molecular flexibility index (Phi) is 8.03. The highest BCUT2D eigenvalue weighted by molar-refractivity contribution is 6.04. The Labute approximate surface area is 256 Å². The number of amides is 1. The van der Waals surface area contributed by atoms with Gasteiger partial charge in [0.25, 0.3) is 11.5 Å². The summed E-state index contributed by atoms with van der Waals surface area (Å²) in [6.45, 7) is 0. The van der Waals surface area contributed by atoms with Crippen molar-refractivity contribution in [3.05, 3.63) is 111 Å². The lowest BCUT2D eigenvalue weighted by molar-refractivity contribution is 0.102. The van der Waals surface area contributed by atoms with Crippen molar-refractivity contribution in [3.63, 3.8) is 0 Å². The molecular weight excluding hydrogens is 586 g/mol. The fourth-order valence-corrected chi connectivity index (χ4v) is 5.50. The summed E-state index contributed by atoms with van der Waals surface area (Å²) in [6, 6.07) is 13.4. The molecule has 232 valence electrons. The maximum Gasteiger partial charge on any atom is 0.335 e. The minimum Gasteiger partial charge on any atom is -0.493 e. The van der Waals surface area contributed by atoms with E-state index < -0.39 is 28.8 Å². The van der Waals surface area contributed by atoms with E-state index in [0.717, 1.165) is 35.6 Å². The molecule has 1 fully saturated rings. The van der Waals surface area contributed by atoms with E-state index in [2.05, 4.69) is 10.3 Å². The monoisotopic (exact) mass is 616 g/mol. The van der Waals surface area contributed by atoms with Gasteiger partial charge in [0.1, 0.15) is 17.1 Å². The summed E-state index contributed by atoms with van der Waals surface area (Å²) >= 11 is 0. The van der Waals surface area contributed by atoms with Gasteiger partial charge in [-0.3, -0.25) is 19.1 Å². The standard InChI is InChI=1S/C33H28F2N4O6.H2/c1-43-29-16-23-26(17-30(29)44-2)36-14-13-27(23)45-28-12-9-20(15-25(28)35)37-31(40)24-18-38(21-5-3-4-6-21)33(42)39(32(24)41)22-10-7-19(34)8-11-22;/h7-18,21H,3-6H2,1-2H3,(H,37,40);1H. The van der Waals surface area contributed by atoms with Crippen LogP contribution in [0.15, 0.2) is 82.6 Å². The Morgan fingerprint density at radius 3 is 2.31 bits per heavy atom.